The van der Waals surface area contributed by atoms with Crippen molar-refractivity contribution in [2.24, 2.45) is 0 Å². The summed E-state index contributed by atoms with van der Waals surface area (Å²) in [6.07, 6.45) is 0. The Labute approximate surface area is 172 Å². The van der Waals surface area contributed by atoms with Gasteiger partial charge in [0.1, 0.15) is 5.75 Å². The Morgan fingerprint density at radius 1 is 1.10 bits per heavy atom. The summed E-state index contributed by atoms with van der Waals surface area (Å²) in [7, 11) is -1.80. The maximum atomic E-state index is 12.7. The number of benzene rings is 2. The average molecular weight is 419 g/mol. The average Bonchev–Trinajstić information content (AvgIpc) is 2.74. The van der Waals surface area contributed by atoms with E-state index >= 15 is 0 Å². The lowest BCUT2D eigenvalue weighted by atomic mass is 10.2. The van der Waals surface area contributed by atoms with Crippen molar-refractivity contribution >= 4 is 21.6 Å². The molecule has 3 rings (SSSR count). The van der Waals surface area contributed by atoms with Crippen LogP contribution in [0.5, 0.6) is 5.75 Å². The summed E-state index contributed by atoms with van der Waals surface area (Å²) in [6.45, 7) is 3.88. The maximum absolute atomic E-state index is 12.7. The molecule has 0 spiro atoms. The first-order chi connectivity index (χ1) is 13.9. The van der Waals surface area contributed by atoms with Crippen molar-refractivity contribution in [3.63, 3.8) is 0 Å². The van der Waals surface area contributed by atoms with Gasteiger partial charge in [0.15, 0.2) is 6.04 Å². The number of sulfonamides is 1. The van der Waals surface area contributed by atoms with Gasteiger partial charge in [-0.3, -0.25) is 4.79 Å². The molecule has 1 aliphatic rings. The minimum Gasteiger partial charge on any atom is -0.495 e. The minimum atomic E-state index is -3.36. The third-order valence-corrected chi connectivity index (χ3v) is 7.17. The fourth-order valence-electron chi connectivity index (χ4n) is 3.54. The van der Waals surface area contributed by atoms with Crippen LogP contribution in [0.3, 0.4) is 0 Å². The van der Waals surface area contributed by atoms with Crippen molar-refractivity contribution in [1.29, 1.82) is 0 Å². The van der Waals surface area contributed by atoms with E-state index < -0.39 is 10.0 Å². The first-order valence-electron chi connectivity index (χ1n) is 9.71. The van der Waals surface area contributed by atoms with Crippen molar-refractivity contribution in [1.82, 2.24) is 4.31 Å². The molecule has 0 unspecified atom stereocenters. The van der Waals surface area contributed by atoms with Crippen LogP contribution in [0.25, 0.3) is 0 Å². The van der Waals surface area contributed by atoms with Gasteiger partial charge in [-0.25, -0.2) is 8.42 Å². The second kappa shape index (κ2) is 9.39. The number of piperazine rings is 1. The van der Waals surface area contributed by atoms with E-state index in [9.17, 15) is 13.2 Å². The highest BCUT2D eigenvalue weighted by Gasteiger charge is 2.33. The number of ether oxygens (including phenoxy) is 1. The van der Waals surface area contributed by atoms with Crippen LogP contribution < -0.4 is 15.0 Å². The molecule has 2 N–H and O–H groups in total. The minimum absolute atomic E-state index is 0.00696. The van der Waals surface area contributed by atoms with Crippen LogP contribution in [0, 0.1) is 0 Å². The largest absolute Gasteiger partial charge is 0.495 e. The van der Waals surface area contributed by atoms with Crippen LogP contribution >= 0.6 is 0 Å². The molecule has 0 radical (unpaired) electrons. The second-order valence-corrected chi connectivity index (χ2v) is 9.18. The van der Waals surface area contributed by atoms with Gasteiger partial charge in [-0.05, 0) is 24.6 Å². The normalized spacial score (nSPS) is 16.9. The summed E-state index contributed by atoms with van der Waals surface area (Å²) in [5, 5.41) is 2.92. The zero-order chi connectivity index (χ0) is 20.9. The standard InChI is InChI=1S/C21H27N3O4S/c1-17(21(25)22-19-10-6-7-11-20(19)28-2)23-12-14-24(15-13-23)29(26,27)16-18-8-4-3-5-9-18/h3-11,17H,12-16H2,1-2H3,(H,22,25)/p+1/t17-/m0/s1. The lowest BCUT2D eigenvalue weighted by Crippen LogP contribution is -3.19. The van der Waals surface area contributed by atoms with E-state index in [0.717, 1.165) is 10.5 Å². The lowest BCUT2D eigenvalue weighted by molar-refractivity contribution is -0.917. The van der Waals surface area contributed by atoms with Gasteiger partial charge in [-0.2, -0.15) is 4.31 Å². The van der Waals surface area contributed by atoms with Crippen molar-refractivity contribution in [3.8, 4) is 5.75 Å². The third kappa shape index (κ3) is 5.35. The fraction of sp³-hybridized carbons (Fsp3) is 0.381. The van der Waals surface area contributed by atoms with Gasteiger partial charge < -0.3 is 15.0 Å². The van der Waals surface area contributed by atoms with Gasteiger partial charge in [0.05, 0.1) is 44.7 Å². The predicted molar refractivity (Wildman–Crippen MR) is 112 cm³/mol. The number of rotatable bonds is 7. The Kier molecular flexibility index (Phi) is 6.89. The Morgan fingerprint density at radius 2 is 1.72 bits per heavy atom. The van der Waals surface area contributed by atoms with E-state index in [1.807, 2.05) is 49.4 Å². The summed E-state index contributed by atoms with van der Waals surface area (Å²) < 4.78 is 32.2. The number of amides is 1. The van der Waals surface area contributed by atoms with Crippen LogP contribution in [-0.4, -0.2) is 58.0 Å². The molecule has 1 heterocycles. The van der Waals surface area contributed by atoms with Gasteiger partial charge in [0, 0.05) is 0 Å². The molecule has 0 saturated carbocycles. The first kappa shape index (κ1) is 21.3. The molecule has 0 bridgehead atoms. The Bertz CT molecular complexity index is 926. The number of carbonyl (C=O) groups is 1. The molecule has 8 heteroatoms. The monoisotopic (exact) mass is 418 g/mol. The van der Waals surface area contributed by atoms with E-state index in [0.29, 0.717) is 37.6 Å². The summed E-state index contributed by atoms with van der Waals surface area (Å²) in [5.41, 5.74) is 1.42. The van der Waals surface area contributed by atoms with E-state index in [1.165, 1.54) is 4.31 Å². The molecule has 1 atom stereocenters. The van der Waals surface area contributed by atoms with Crippen molar-refractivity contribution in [2.45, 2.75) is 18.7 Å². The van der Waals surface area contributed by atoms with Crippen LogP contribution in [-0.2, 0) is 20.6 Å². The van der Waals surface area contributed by atoms with Crippen LogP contribution in [0.4, 0.5) is 5.69 Å². The molecule has 2 aromatic rings. The third-order valence-electron chi connectivity index (χ3n) is 5.32. The highest BCUT2D eigenvalue weighted by molar-refractivity contribution is 7.88. The van der Waals surface area contributed by atoms with E-state index in [-0.39, 0.29) is 17.7 Å². The van der Waals surface area contributed by atoms with E-state index in [1.54, 1.807) is 19.2 Å². The fourth-order valence-corrected chi connectivity index (χ4v) is 5.07. The number of nitrogens with one attached hydrogen (secondary N) is 2. The molecule has 1 saturated heterocycles. The zero-order valence-corrected chi connectivity index (χ0v) is 17.6. The van der Waals surface area contributed by atoms with Gasteiger partial charge in [-0.15, -0.1) is 0 Å². The SMILES string of the molecule is COc1ccccc1NC(=O)[C@H](C)[NH+]1CCN(S(=O)(=O)Cc2ccccc2)CC1. The van der Waals surface area contributed by atoms with E-state index in [4.69, 9.17) is 4.74 Å². The molecule has 7 nitrogen and oxygen atoms in total. The van der Waals surface area contributed by atoms with Crippen molar-refractivity contribution in [2.75, 3.05) is 38.6 Å². The molecule has 1 aliphatic heterocycles. The van der Waals surface area contributed by atoms with E-state index in [2.05, 4.69) is 5.32 Å². The summed E-state index contributed by atoms with van der Waals surface area (Å²) in [4.78, 5) is 13.8. The summed E-state index contributed by atoms with van der Waals surface area (Å²) in [5.74, 6) is 0.512. The Balaban J connectivity index is 1.56. The number of hydrogen-bond acceptors (Lipinski definition) is 4. The molecule has 2 aromatic carbocycles. The quantitative estimate of drug-likeness (QED) is 0.696. The topological polar surface area (TPSA) is 80.2 Å². The van der Waals surface area contributed by atoms with Crippen LogP contribution in [0.1, 0.15) is 12.5 Å². The van der Waals surface area contributed by atoms with Gasteiger partial charge in [0.25, 0.3) is 5.91 Å². The predicted octanol–water partition coefficient (Wildman–Crippen LogP) is 0.753. The number of hydrogen-bond donors (Lipinski definition) is 2. The number of anilines is 1. The lowest BCUT2D eigenvalue weighted by Gasteiger charge is -2.34. The number of para-hydroxylation sites is 2. The second-order valence-electron chi connectivity index (χ2n) is 7.21. The zero-order valence-electron chi connectivity index (χ0n) is 16.8. The summed E-state index contributed by atoms with van der Waals surface area (Å²) in [6, 6.07) is 16.2. The molecular formula is C21H28N3O4S+. The van der Waals surface area contributed by atoms with Crippen LogP contribution in [0.15, 0.2) is 54.6 Å². The Morgan fingerprint density at radius 3 is 2.38 bits per heavy atom. The van der Waals surface area contributed by atoms with Crippen LogP contribution in [0.2, 0.25) is 0 Å². The van der Waals surface area contributed by atoms with Gasteiger partial charge in [0.2, 0.25) is 10.0 Å². The smallest absolute Gasteiger partial charge is 0.282 e. The highest BCUT2D eigenvalue weighted by atomic mass is 32.2. The maximum Gasteiger partial charge on any atom is 0.282 e. The summed E-state index contributed by atoms with van der Waals surface area (Å²) >= 11 is 0. The van der Waals surface area contributed by atoms with Crippen molar-refractivity contribution < 1.29 is 22.8 Å². The molecule has 156 valence electrons. The first-order valence-corrected chi connectivity index (χ1v) is 11.3. The molecular weight excluding hydrogens is 390 g/mol. The molecule has 1 fully saturated rings. The van der Waals surface area contributed by atoms with Gasteiger partial charge in [-0.1, -0.05) is 42.5 Å². The molecule has 0 aliphatic carbocycles. The van der Waals surface area contributed by atoms with Crippen molar-refractivity contribution in [3.05, 3.63) is 60.2 Å². The molecule has 0 aromatic heterocycles. The number of carbonyl (C=O) groups excluding carboxylic acids is 1. The Hall–Kier alpha value is -2.42. The van der Waals surface area contributed by atoms with Gasteiger partial charge >= 0.3 is 0 Å². The highest BCUT2D eigenvalue weighted by Crippen LogP contribution is 2.22. The molecule has 1 amide bonds. The number of methoxy groups -OCH3 is 1. The number of quaternary nitrogens is 1. The molecule has 29 heavy (non-hydrogen) atoms. The number of nitrogens with zero attached hydrogens (tertiary/aromatic N) is 1.